The summed E-state index contributed by atoms with van der Waals surface area (Å²) < 4.78 is 11.1. The number of hydrogen-bond donors (Lipinski definition) is 0. The molecule has 0 bridgehead atoms. The fourth-order valence-corrected chi connectivity index (χ4v) is 1.14. The molecule has 0 aromatic carbocycles. The molecule has 0 atom stereocenters. The zero-order valence-corrected chi connectivity index (χ0v) is 8.81. The van der Waals surface area contributed by atoms with E-state index in [4.69, 9.17) is 9.31 Å². The second-order valence-corrected chi connectivity index (χ2v) is 3.82. The average molecular weight is 170 g/mol. The SMILES string of the molecule is C=C.CB1OC(C)(C)C(C)(C)O1. The highest BCUT2D eigenvalue weighted by Gasteiger charge is 2.48. The quantitative estimate of drug-likeness (QED) is 0.410. The van der Waals surface area contributed by atoms with Crippen molar-refractivity contribution in [3.63, 3.8) is 0 Å². The van der Waals surface area contributed by atoms with Crippen LogP contribution in [0.1, 0.15) is 27.7 Å². The molecule has 0 amide bonds. The summed E-state index contributed by atoms with van der Waals surface area (Å²) in [5.41, 5.74) is -0.321. The van der Waals surface area contributed by atoms with Crippen LogP contribution in [0.5, 0.6) is 0 Å². The summed E-state index contributed by atoms with van der Waals surface area (Å²) in [5, 5.41) is 0. The summed E-state index contributed by atoms with van der Waals surface area (Å²) >= 11 is 0. The second kappa shape index (κ2) is 3.63. The second-order valence-electron chi connectivity index (χ2n) is 3.82. The molecule has 70 valence electrons. The zero-order chi connectivity index (χ0) is 9.99. The van der Waals surface area contributed by atoms with Gasteiger partial charge in [-0.2, -0.15) is 0 Å². The van der Waals surface area contributed by atoms with Gasteiger partial charge in [-0.25, -0.2) is 0 Å². The van der Waals surface area contributed by atoms with Gasteiger partial charge in [0.05, 0.1) is 11.2 Å². The van der Waals surface area contributed by atoms with Crippen LogP contribution in [0.25, 0.3) is 0 Å². The van der Waals surface area contributed by atoms with E-state index in [0.717, 1.165) is 0 Å². The fraction of sp³-hybridized carbons (Fsp3) is 0.778. The van der Waals surface area contributed by atoms with Crippen molar-refractivity contribution in [2.75, 3.05) is 0 Å². The highest BCUT2D eigenvalue weighted by Crippen LogP contribution is 2.36. The molecular weight excluding hydrogens is 151 g/mol. The molecule has 1 fully saturated rings. The Morgan fingerprint density at radius 3 is 1.25 bits per heavy atom. The van der Waals surface area contributed by atoms with E-state index in [1.807, 2.05) is 6.82 Å². The third-order valence-corrected chi connectivity index (χ3v) is 2.37. The van der Waals surface area contributed by atoms with Crippen LogP contribution < -0.4 is 0 Å². The van der Waals surface area contributed by atoms with E-state index < -0.39 is 0 Å². The van der Waals surface area contributed by atoms with Gasteiger partial charge in [0.15, 0.2) is 0 Å². The van der Waals surface area contributed by atoms with Crippen molar-refractivity contribution in [1.82, 2.24) is 0 Å². The summed E-state index contributed by atoms with van der Waals surface area (Å²) in [5.74, 6) is 0. The van der Waals surface area contributed by atoms with Crippen LogP contribution in [0.2, 0.25) is 6.82 Å². The highest BCUT2D eigenvalue weighted by atomic mass is 16.7. The van der Waals surface area contributed by atoms with Crippen LogP contribution in [0.4, 0.5) is 0 Å². The molecule has 0 aromatic rings. The predicted molar refractivity (Wildman–Crippen MR) is 53.2 cm³/mol. The third kappa shape index (κ3) is 2.11. The van der Waals surface area contributed by atoms with Crippen LogP contribution in [0.3, 0.4) is 0 Å². The fourth-order valence-electron chi connectivity index (χ4n) is 1.14. The molecule has 0 unspecified atom stereocenters. The van der Waals surface area contributed by atoms with Gasteiger partial charge in [-0.3, -0.25) is 0 Å². The van der Waals surface area contributed by atoms with Crippen molar-refractivity contribution in [2.45, 2.75) is 45.7 Å². The molecule has 2 nitrogen and oxygen atoms in total. The largest absolute Gasteiger partial charge is 0.454 e. The van der Waals surface area contributed by atoms with E-state index in [-0.39, 0.29) is 18.3 Å². The van der Waals surface area contributed by atoms with Crippen molar-refractivity contribution >= 4 is 7.12 Å². The van der Waals surface area contributed by atoms with Crippen LogP contribution in [-0.4, -0.2) is 18.3 Å². The molecule has 0 spiro atoms. The Morgan fingerprint density at radius 2 is 1.17 bits per heavy atom. The molecule has 3 heteroatoms. The monoisotopic (exact) mass is 170 g/mol. The highest BCUT2D eigenvalue weighted by molar-refractivity contribution is 6.43. The van der Waals surface area contributed by atoms with Crippen molar-refractivity contribution in [1.29, 1.82) is 0 Å². The van der Waals surface area contributed by atoms with Crippen LogP contribution in [0, 0.1) is 0 Å². The molecule has 1 aliphatic rings. The first-order valence-electron chi connectivity index (χ1n) is 4.21. The lowest BCUT2D eigenvalue weighted by Crippen LogP contribution is -2.41. The maximum atomic E-state index is 5.54. The first-order chi connectivity index (χ1) is 5.35. The van der Waals surface area contributed by atoms with Gasteiger partial charge in [0.1, 0.15) is 0 Å². The normalized spacial score (nSPS) is 24.6. The Hall–Kier alpha value is -0.275. The lowest BCUT2D eigenvalue weighted by molar-refractivity contribution is 0.00578. The Morgan fingerprint density at radius 1 is 0.917 bits per heavy atom. The molecule has 1 rings (SSSR count). The van der Waals surface area contributed by atoms with E-state index in [2.05, 4.69) is 40.9 Å². The summed E-state index contributed by atoms with van der Waals surface area (Å²) in [6, 6.07) is 0. The van der Waals surface area contributed by atoms with Crippen molar-refractivity contribution in [3.8, 4) is 0 Å². The molecule has 1 saturated heterocycles. The van der Waals surface area contributed by atoms with E-state index >= 15 is 0 Å². The molecule has 0 radical (unpaired) electrons. The number of rotatable bonds is 0. The molecule has 12 heavy (non-hydrogen) atoms. The van der Waals surface area contributed by atoms with Crippen LogP contribution in [0.15, 0.2) is 13.2 Å². The van der Waals surface area contributed by atoms with Gasteiger partial charge in [-0.1, -0.05) is 0 Å². The lowest BCUT2D eigenvalue weighted by atomic mass is 9.90. The van der Waals surface area contributed by atoms with Gasteiger partial charge in [0.2, 0.25) is 0 Å². The van der Waals surface area contributed by atoms with E-state index in [1.165, 1.54) is 0 Å². The Labute approximate surface area is 76.1 Å². The Balaban J connectivity index is 0.000000561. The summed E-state index contributed by atoms with van der Waals surface area (Å²) in [6.07, 6.45) is 0. The molecule has 1 aliphatic heterocycles. The van der Waals surface area contributed by atoms with Crippen molar-refractivity contribution in [2.24, 2.45) is 0 Å². The van der Waals surface area contributed by atoms with Gasteiger partial charge in [0.25, 0.3) is 0 Å². The minimum atomic E-state index is -0.160. The molecule has 0 N–H and O–H groups in total. The smallest absolute Gasteiger partial charge is 0.403 e. The first kappa shape index (κ1) is 11.7. The van der Waals surface area contributed by atoms with Crippen LogP contribution >= 0.6 is 0 Å². The van der Waals surface area contributed by atoms with Crippen molar-refractivity contribution < 1.29 is 9.31 Å². The Kier molecular flexibility index (Phi) is 3.54. The predicted octanol–water partition coefficient (Wildman–Crippen LogP) is 2.51. The van der Waals surface area contributed by atoms with Gasteiger partial charge >= 0.3 is 7.12 Å². The molecule has 0 saturated carbocycles. The molecule has 1 heterocycles. The molecular formula is C9H19BO2. The van der Waals surface area contributed by atoms with Gasteiger partial charge in [0, 0.05) is 0 Å². The maximum absolute atomic E-state index is 5.54. The van der Waals surface area contributed by atoms with Gasteiger partial charge in [-0.15, -0.1) is 13.2 Å². The summed E-state index contributed by atoms with van der Waals surface area (Å²) in [7, 11) is -0.0648. The van der Waals surface area contributed by atoms with Gasteiger partial charge in [-0.05, 0) is 34.5 Å². The van der Waals surface area contributed by atoms with Crippen molar-refractivity contribution in [3.05, 3.63) is 13.2 Å². The minimum Gasteiger partial charge on any atom is -0.403 e. The third-order valence-electron chi connectivity index (χ3n) is 2.37. The van der Waals surface area contributed by atoms with Crippen LogP contribution in [-0.2, 0) is 9.31 Å². The van der Waals surface area contributed by atoms with Gasteiger partial charge < -0.3 is 9.31 Å². The maximum Gasteiger partial charge on any atom is 0.454 e. The van der Waals surface area contributed by atoms with E-state index in [9.17, 15) is 0 Å². The minimum absolute atomic E-state index is 0.0648. The lowest BCUT2D eigenvalue weighted by Gasteiger charge is -2.32. The molecule has 0 aliphatic carbocycles. The molecule has 0 aromatic heterocycles. The number of hydrogen-bond acceptors (Lipinski definition) is 2. The Bertz CT molecular complexity index is 139. The summed E-state index contributed by atoms with van der Waals surface area (Å²) in [4.78, 5) is 0. The average Bonchev–Trinajstić information content (AvgIpc) is 2.04. The summed E-state index contributed by atoms with van der Waals surface area (Å²) in [6.45, 7) is 16.1. The standard InChI is InChI=1S/C7H15BO2.C2H4/c1-6(2)7(3,4)10-8(5)9-6;1-2/h1-5H3;1-2H2. The topological polar surface area (TPSA) is 18.5 Å². The first-order valence-corrected chi connectivity index (χ1v) is 4.21. The zero-order valence-electron chi connectivity index (χ0n) is 8.81. The van der Waals surface area contributed by atoms with E-state index in [1.54, 1.807) is 0 Å². The van der Waals surface area contributed by atoms with E-state index in [0.29, 0.717) is 0 Å².